The second kappa shape index (κ2) is 9.58. The molecule has 4 rings (SSSR count). The summed E-state index contributed by atoms with van der Waals surface area (Å²) in [6.07, 6.45) is 0.0828. The zero-order chi connectivity index (χ0) is 23.5. The van der Waals surface area contributed by atoms with Gasteiger partial charge in [0.1, 0.15) is 11.6 Å². The molecule has 9 heteroatoms. The molecule has 1 aliphatic rings. The monoisotopic (exact) mass is 467 g/mol. The first-order valence-electron chi connectivity index (χ1n) is 10.4. The Morgan fingerprint density at radius 1 is 1.00 bits per heavy atom. The van der Waals surface area contributed by atoms with Crippen LogP contribution in [0.3, 0.4) is 0 Å². The number of hydrogen-bond donors (Lipinski definition) is 2. The van der Waals surface area contributed by atoms with Crippen LogP contribution in [0, 0.1) is 6.92 Å². The van der Waals surface area contributed by atoms with Crippen molar-refractivity contribution in [2.75, 3.05) is 26.6 Å². The van der Waals surface area contributed by atoms with Gasteiger partial charge in [-0.1, -0.05) is 41.6 Å². The average Bonchev–Trinajstić information content (AvgIpc) is 2.82. The van der Waals surface area contributed by atoms with Gasteiger partial charge in [-0.25, -0.2) is 4.98 Å². The van der Waals surface area contributed by atoms with Gasteiger partial charge >= 0.3 is 0 Å². The summed E-state index contributed by atoms with van der Waals surface area (Å²) < 4.78 is 16.3. The molecule has 0 bridgehead atoms. The normalized spacial score (nSPS) is 14.9. The highest BCUT2D eigenvalue weighted by Crippen LogP contribution is 2.43. The fourth-order valence-corrected chi connectivity index (χ4v) is 4.66. The second-order valence-electron chi connectivity index (χ2n) is 7.66. The van der Waals surface area contributed by atoms with E-state index in [1.807, 2.05) is 31.2 Å². The Bertz CT molecular complexity index is 1240. The van der Waals surface area contributed by atoms with E-state index >= 15 is 0 Å². The fraction of sp³-hybridized carbons (Fsp3) is 0.292. The Kier molecular flexibility index (Phi) is 6.60. The summed E-state index contributed by atoms with van der Waals surface area (Å²) in [5.74, 6) is 1.61. The van der Waals surface area contributed by atoms with Crippen LogP contribution in [-0.4, -0.2) is 37.2 Å². The van der Waals surface area contributed by atoms with Crippen LogP contribution in [-0.2, 0) is 10.5 Å². The van der Waals surface area contributed by atoms with E-state index in [1.54, 1.807) is 12.1 Å². The molecule has 0 saturated heterocycles. The van der Waals surface area contributed by atoms with Crippen LogP contribution >= 0.6 is 11.8 Å². The molecule has 3 aromatic rings. The number of H-pyrrole nitrogens is 1. The zero-order valence-electron chi connectivity index (χ0n) is 18.9. The predicted molar refractivity (Wildman–Crippen MR) is 127 cm³/mol. The summed E-state index contributed by atoms with van der Waals surface area (Å²) in [6, 6.07) is 11.6. The van der Waals surface area contributed by atoms with Crippen molar-refractivity contribution >= 4 is 23.5 Å². The molecule has 1 amide bonds. The summed E-state index contributed by atoms with van der Waals surface area (Å²) >= 11 is 1.40. The Morgan fingerprint density at radius 2 is 1.67 bits per heavy atom. The zero-order valence-corrected chi connectivity index (χ0v) is 19.7. The van der Waals surface area contributed by atoms with Crippen molar-refractivity contribution in [2.24, 2.45) is 0 Å². The van der Waals surface area contributed by atoms with Gasteiger partial charge in [-0.3, -0.25) is 9.59 Å². The maximum Gasteiger partial charge on any atom is 0.257 e. The van der Waals surface area contributed by atoms with Crippen LogP contribution in [0.15, 0.2) is 46.3 Å². The van der Waals surface area contributed by atoms with Gasteiger partial charge in [-0.15, -0.1) is 0 Å². The van der Waals surface area contributed by atoms with Crippen molar-refractivity contribution in [1.82, 2.24) is 9.97 Å². The summed E-state index contributed by atoms with van der Waals surface area (Å²) in [5, 5.41) is 3.20. The second-order valence-corrected chi connectivity index (χ2v) is 8.63. The van der Waals surface area contributed by atoms with E-state index in [0.717, 1.165) is 5.56 Å². The number of nitrogens with zero attached hydrogens (tertiary/aromatic N) is 1. The van der Waals surface area contributed by atoms with E-state index in [2.05, 4.69) is 15.3 Å². The number of anilines is 1. The van der Waals surface area contributed by atoms with Crippen molar-refractivity contribution in [3.63, 3.8) is 0 Å². The number of hydrogen-bond acceptors (Lipinski definition) is 7. The van der Waals surface area contributed by atoms with Crippen molar-refractivity contribution in [3.8, 4) is 17.2 Å². The average molecular weight is 468 g/mol. The van der Waals surface area contributed by atoms with Gasteiger partial charge in [0, 0.05) is 29.7 Å². The van der Waals surface area contributed by atoms with Gasteiger partial charge in [0.25, 0.3) is 5.56 Å². The van der Waals surface area contributed by atoms with Crippen molar-refractivity contribution in [1.29, 1.82) is 0 Å². The van der Waals surface area contributed by atoms with Gasteiger partial charge in [0.15, 0.2) is 16.7 Å². The van der Waals surface area contributed by atoms with Gasteiger partial charge < -0.3 is 24.5 Å². The van der Waals surface area contributed by atoms with Crippen LogP contribution in [0.1, 0.15) is 34.6 Å². The third kappa shape index (κ3) is 4.68. The minimum Gasteiger partial charge on any atom is -0.496 e. The van der Waals surface area contributed by atoms with Crippen LogP contribution in [0.25, 0.3) is 0 Å². The number of aromatic amines is 1. The van der Waals surface area contributed by atoms with Gasteiger partial charge in [-0.2, -0.15) is 0 Å². The molecule has 1 aliphatic heterocycles. The molecule has 2 N–H and O–H groups in total. The lowest BCUT2D eigenvalue weighted by molar-refractivity contribution is -0.116. The van der Waals surface area contributed by atoms with Crippen molar-refractivity contribution < 1.29 is 19.0 Å². The maximum absolute atomic E-state index is 13.2. The van der Waals surface area contributed by atoms with Crippen molar-refractivity contribution in [3.05, 3.63) is 69.0 Å². The molecular weight excluding hydrogens is 442 g/mol. The highest BCUT2D eigenvalue weighted by Gasteiger charge is 2.33. The molecule has 2 heterocycles. The molecular formula is C24H25N3O5S. The molecule has 0 saturated carbocycles. The first-order chi connectivity index (χ1) is 15.9. The van der Waals surface area contributed by atoms with Gasteiger partial charge in [0.2, 0.25) is 5.91 Å². The summed E-state index contributed by atoms with van der Waals surface area (Å²) in [7, 11) is 4.59. The Labute approximate surface area is 195 Å². The van der Waals surface area contributed by atoms with E-state index in [1.165, 1.54) is 38.7 Å². The van der Waals surface area contributed by atoms with E-state index in [-0.39, 0.29) is 23.7 Å². The third-order valence-corrected chi connectivity index (χ3v) is 6.48. The number of aryl methyl sites for hydroxylation is 1. The number of aromatic nitrogens is 2. The molecule has 0 radical (unpaired) electrons. The maximum atomic E-state index is 13.2. The molecule has 0 fully saturated rings. The topological polar surface area (TPSA) is 103 Å². The molecule has 1 atom stereocenters. The lowest BCUT2D eigenvalue weighted by atomic mass is 9.86. The predicted octanol–water partition coefficient (Wildman–Crippen LogP) is 3.87. The standard InChI is InChI=1S/C24H25N3O5S/c1-13-5-7-14(8-6-13)12-33-24-26-22-21(23(29)27-24)16(10-20(28)25-22)15-9-18(31-3)19(32-4)11-17(15)30-2/h5-9,11,16H,10,12H2,1-4H3,(H2,25,26,27,28,29)/t16-/m1/s1. The fourth-order valence-electron chi connectivity index (χ4n) is 3.85. The minimum absolute atomic E-state index is 0.0828. The van der Waals surface area contributed by atoms with Crippen molar-refractivity contribution in [2.45, 2.75) is 30.2 Å². The highest BCUT2D eigenvalue weighted by atomic mass is 32.2. The minimum atomic E-state index is -0.545. The number of fused-ring (bicyclic) bond motifs is 1. The van der Waals surface area contributed by atoms with Crippen LogP contribution in [0.5, 0.6) is 17.2 Å². The largest absolute Gasteiger partial charge is 0.496 e. The number of thioether (sulfide) groups is 1. The van der Waals surface area contributed by atoms with Gasteiger partial charge in [0.05, 0.1) is 26.9 Å². The third-order valence-electron chi connectivity index (χ3n) is 5.54. The number of rotatable bonds is 7. The number of benzene rings is 2. The molecule has 0 spiro atoms. The Hall–Kier alpha value is -3.46. The number of nitrogens with one attached hydrogen (secondary N) is 2. The number of ether oxygens (including phenoxy) is 3. The lowest BCUT2D eigenvalue weighted by Gasteiger charge is -2.26. The molecule has 172 valence electrons. The van der Waals surface area contributed by atoms with Crippen LogP contribution < -0.4 is 25.1 Å². The quantitative estimate of drug-likeness (QED) is 0.402. The van der Waals surface area contributed by atoms with E-state index < -0.39 is 5.92 Å². The number of methoxy groups -OCH3 is 3. The lowest BCUT2D eigenvalue weighted by Crippen LogP contribution is -2.31. The van der Waals surface area contributed by atoms with E-state index in [0.29, 0.717) is 39.3 Å². The summed E-state index contributed by atoms with van der Waals surface area (Å²) in [6.45, 7) is 2.03. The van der Waals surface area contributed by atoms with Crippen LogP contribution in [0.4, 0.5) is 5.82 Å². The summed E-state index contributed by atoms with van der Waals surface area (Å²) in [4.78, 5) is 33.1. The van der Waals surface area contributed by atoms with E-state index in [4.69, 9.17) is 14.2 Å². The first kappa shape index (κ1) is 22.7. The number of carbonyl (C=O) groups is 1. The smallest absolute Gasteiger partial charge is 0.257 e. The molecule has 2 aromatic carbocycles. The highest BCUT2D eigenvalue weighted by molar-refractivity contribution is 7.98. The Balaban J connectivity index is 1.71. The Morgan fingerprint density at radius 3 is 2.33 bits per heavy atom. The molecule has 33 heavy (non-hydrogen) atoms. The molecule has 0 unspecified atom stereocenters. The molecule has 8 nitrogen and oxygen atoms in total. The SMILES string of the molecule is COc1cc(OC)c([C@H]2CC(=O)Nc3nc(SCc4ccc(C)cc4)[nH]c(=O)c32)cc1OC. The number of amides is 1. The molecule has 0 aliphatic carbocycles. The van der Waals surface area contributed by atoms with Crippen LogP contribution in [0.2, 0.25) is 0 Å². The molecule has 1 aromatic heterocycles. The number of carbonyl (C=O) groups excluding carboxylic acids is 1. The summed E-state index contributed by atoms with van der Waals surface area (Å²) in [5.41, 5.74) is 3.04. The van der Waals surface area contributed by atoms with Gasteiger partial charge in [-0.05, 0) is 18.6 Å². The van der Waals surface area contributed by atoms with E-state index in [9.17, 15) is 9.59 Å². The first-order valence-corrected chi connectivity index (χ1v) is 11.3.